The van der Waals surface area contributed by atoms with Gasteiger partial charge >= 0.3 is 5.97 Å². The molecule has 0 amide bonds. The van der Waals surface area contributed by atoms with Crippen LogP contribution in [0.2, 0.25) is 0 Å². The van der Waals surface area contributed by atoms with E-state index in [9.17, 15) is 4.79 Å². The summed E-state index contributed by atoms with van der Waals surface area (Å²) in [5.74, 6) is -0.324. The molecule has 0 saturated heterocycles. The van der Waals surface area contributed by atoms with Gasteiger partial charge in [0, 0.05) is 0 Å². The fourth-order valence-corrected chi connectivity index (χ4v) is 1.23. The summed E-state index contributed by atoms with van der Waals surface area (Å²) < 4.78 is 9.51. The van der Waals surface area contributed by atoms with Crippen LogP contribution in [0.4, 0.5) is 0 Å². The molecule has 1 rings (SSSR count). The molecule has 3 nitrogen and oxygen atoms in total. The highest BCUT2D eigenvalue weighted by atomic mass is 16.5. The second-order valence-corrected chi connectivity index (χ2v) is 3.11. The van der Waals surface area contributed by atoms with Gasteiger partial charge in [-0.2, -0.15) is 0 Å². The Morgan fingerprint density at radius 1 is 1.13 bits per heavy atom. The minimum absolute atomic E-state index is 0.324. The van der Waals surface area contributed by atoms with Crippen molar-refractivity contribution in [1.29, 1.82) is 0 Å². The third kappa shape index (κ3) is 2.84. The molecule has 1 aromatic carbocycles. The molecule has 0 fully saturated rings. The Balaban J connectivity index is 2.90. The van der Waals surface area contributed by atoms with E-state index in [1.165, 1.54) is 7.11 Å². The zero-order valence-electron chi connectivity index (χ0n) is 9.11. The second-order valence-electron chi connectivity index (χ2n) is 3.11. The van der Waals surface area contributed by atoms with Gasteiger partial charge in [-0.15, -0.1) is 0 Å². The lowest BCUT2D eigenvalue weighted by Gasteiger charge is -2.03. The molecule has 0 unspecified atom stereocenters. The largest absolute Gasteiger partial charge is 0.504 e. The van der Waals surface area contributed by atoms with Gasteiger partial charge in [-0.05, 0) is 30.2 Å². The van der Waals surface area contributed by atoms with E-state index in [1.54, 1.807) is 25.5 Å². The predicted molar refractivity (Wildman–Crippen MR) is 58.4 cm³/mol. The van der Waals surface area contributed by atoms with Crippen LogP contribution in [0.5, 0.6) is 0 Å². The molecule has 15 heavy (non-hydrogen) atoms. The van der Waals surface area contributed by atoms with Crippen molar-refractivity contribution in [2.75, 3.05) is 14.2 Å². The summed E-state index contributed by atoms with van der Waals surface area (Å²) >= 11 is 0. The minimum atomic E-state index is -0.324. The molecule has 0 aliphatic carbocycles. The molecule has 3 heteroatoms. The van der Waals surface area contributed by atoms with E-state index in [-0.39, 0.29) is 5.97 Å². The van der Waals surface area contributed by atoms with Gasteiger partial charge in [0.2, 0.25) is 0 Å². The van der Waals surface area contributed by atoms with Crippen molar-refractivity contribution in [3.8, 4) is 0 Å². The van der Waals surface area contributed by atoms with Crippen molar-refractivity contribution >= 4 is 11.5 Å². The van der Waals surface area contributed by atoms with Crippen LogP contribution in [0.1, 0.15) is 22.8 Å². The second kappa shape index (κ2) is 5.20. The molecule has 0 aliphatic heterocycles. The summed E-state index contributed by atoms with van der Waals surface area (Å²) in [5, 5.41) is 0. The number of hydrogen-bond donors (Lipinski definition) is 0. The van der Waals surface area contributed by atoms with Gasteiger partial charge in [0.25, 0.3) is 0 Å². The quantitative estimate of drug-likeness (QED) is 0.563. The fraction of sp³-hybridized carbons (Fsp3) is 0.250. The number of allylic oxidation sites excluding steroid dienone is 1. The Labute approximate surface area is 89.3 Å². The number of esters is 1. The molecule has 0 aromatic heterocycles. The molecule has 80 valence electrons. The first-order valence-corrected chi connectivity index (χ1v) is 4.57. The average molecular weight is 206 g/mol. The van der Waals surface area contributed by atoms with Crippen LogP contribution < -0.4 is 0 Å². The molecule has 0 bridgehead atoms. The first-order valence-electron chi connectivity index (χ1n) is 4.57. The highest BCUT2D eigenvalue weighted by Gasteiger charge is 2.04. The van der Waals surface area contributed by atoms with Gasteiger partial charge in [-0.25, -0.2) is 4.79 Å². The molecule has 0 saturated carbocycles. The summed E-state index contributed by atoms with van der Waals surface area (Å²) in [7, 11) is 2.97. The van der Waals surface area contributed by atoms with Gasteiger partial charge in [0.1, 0.15) is 0 Å². The number of rotatable bonds is 3. The summed E-state index contributed by atoms with van der Waals surface area (Å²) in [6.07, 6.45) is 1.66. The molecule has 0 radical (unpaired) electrons. The standard InChI is InChI=1S/C12H14O3/c1-9(8-14-2)10-4-6-11(7-5-10)12(13)15-3/h4-8H,1-3H3. The van der Waals surface area contributed by atoms with Crippen LogP contribution in [0, 0.1) is 0 Å². The normalized spacial score (nSPS) is 11.0. The van der Waals surface area contributed by atoms with E-state index in [2.05, 4.69) is 4.74 Å². The number of methoxy groups -OCH3 is 2. The van der Waals surface area contributed by atoms with E-state index < -0.39 is 0 Å². The van der Waals surface area contributed by atoms with E-state index in [0.717, 1.165) is 11.1 Å². The SMILES string of the molecule is COC=C(C)c1ccc(C(=O)OC)cc1. The first kappa shape index (κ1) is 11.3. The Bertz CT molecular complexity index is 363. The predicted octanol–water partition coefficient (Wildman–Crippen LogP) is 2.48. The lowest BCUT2D eigenvalue weighted by Crippen LogP contribution is -2.00. The van der Waals surface area contributed by atoms with Crippen LogP contribution in [-0.2, 0) is 9.47 Å². The van der Waals surface area contributed by atoms with Gasteiger partial charge < -0.3 is 9.47 Å². The zero-order chi connectivity index (χ0) is 11.3. The van der Waals surface area contributed by atoms with E-state index in [0.29, 0.717) is 5.56 Å². The van der Waals surface area contributed by atoms with Gasteiger partial charge in [0.15, 0.2) is 0 Å². The third-order valence-electron chi connectivity index (χ3n) is 2.06. The summed E-state index contributed by atoms with van der Waals surface area (Å²) in [5.41, 5.74) is 2.57. The summed E-state index contributed by atoms with van der Waals surface area (Å²) in [4.78, 5) is 11.2. The lowest BCUT2D eigenvalue weighted by molar-refractivity contribution is 0.0601. The van der Waals surface area contributed by atoms with Crippen LogP contribution in [0.3, 0.4) is 0 Å². The fourth-order valence-electron chi connectivity index (χ4n) is 1.23. The van der Waals surface area contributed by atoms with Crippen molar-refractivity contribution < 1.29 is 14.3 Å². The first-order chi connectivity index (χ1) is 7.19. The van der Waals surface area contributed by atoms with Crippen LogP contribution in [0.15, 0.2) is 30.5 Å². The maximum Gasteiger partial charge on any atom is 0.337 e. The summed E-state index contributed by atoms with van der Waals surface area (Å²) in [6, 6.07) is 7.18. The Morgan fingerprint density at radius 3 is 2.13 bits per heavy atom. The maximum atomic E-state index is 11.2. The molecule has 0 atom stereocenters. The molecule has 0 heterocycles. The smallest absolute Gasteiger partial charge is 0.337 e. The zero-order valence-corrected chi connectivity index (χ0v) is 9.11. The highest BCUT2D eigenvalue weighted by Crippen LogP contribution is 2.14. The van der Waals surface area contributed by atoms with Crippen molar-refractivity contribution in [2.45, 2.75) is 6.92 Å². The summed E-state index contributed by atoms with van der Waals surface area (Å²) in [6.45, 7) is 1.94. The van der Waals surface area contributed by atoms with Crippen molar-refractivity contribution in [3.63, 3.8) is 0 Å². The minimum Gasteiger partial charge on any atom is -0.504 e. The van der Waals surface area contributed by atoms with Crippen LogP contribution in [-0.4, -0.2) is 20.2 Å². The molecule has 0 aliphatic rings. The Hall–Kier alpha value is -1.77. The third-order valence-corrected chi connectivity index (χ3v) is 2.06. The van der Waals surface area contributed by atoms with Gasteiger partial charge in [-0.1, -0.05) is 12.1 Å². The van der Waals surface area contributed by atoms with Gasteiger partial charge in [-0.3, -0.25) is 0 Å². The number of ether oxygens (including phenoxy) is 2. The van der Waals surface area contributed by atoms with E-state index in [1.807, 2.05) is 19.1 Å². The molecular weight excluding hydrogens is 192 g/mol. The van der Waals surface area contributed by atoms with E-state index in [4.69, 9.17) is 4.74 Å². The number of hydrogen-bond acceptors (Lipinski definition) is 3. The topological polar surface area (TPSA) is 35.5 Å². The Morgan fingerprint density at radius 2 is 1.67 bits per heavy atom. The average Bonchev–Trinajstić information content (AvgIpc) is 2.28. The van der Waals surface area contributed by atoms with Crippen molar-refractivity contribution in [3.05, 3.63) is 41.7 Å². The molecule has 1 aromatic rings. The molecule has 0 spiro atoms. The van der Waals surface area contributed by atoms with Crippen molar-refractivity contribution in [2.24, 2.45) is 0 Å². The Kier molecular flexibility index (Phi) is 3.92. The van der Waals surface area contributed by atoms with Crippen LogP contribution >= 0.6 is 0 Å². The van der Waals surface area contributed by atoms with Crippen LogP contribution in [0.25, 0.3) is 5.57 Å². The number of carbonyl (C=O) groups is 1. The van der Waals surface area contributed by atoms with Gasteiger partial charge in [0.05, 0.1) is 26.0 Å². The molecule has 0 N–H and O–H groups in total. The monoisotopic (exact) mass is 206 g/mol. The van der Waals surface area contributed by atoms with Crippen molar-refractivity contribution in [1.82, 2.24) is 0 Å². The maximum absolute atomic E-state index is 11.2. The number of benzene rings is 1. The highest BCUT2D eigenvalue weighted by molar-refractivity contribution is 5.89. The molecular formula is C12H14O3. The number of carbonyl (C=O) groups excluding carboxylic acids is 1. The lowest BCUT2D eigenvalue weighted by atomic mass is 10.1. The van der Waals surface area contributed by atoms with E-state index >= 15 is 0 Å².